The molecule has 0 bridgehead atoms. The highest BCUT2D eigenvalue weighted by Gasteiger charge is 2.18. The van der Waals surface area contributed by atoms with Crippen molar-refractivity contribution >= 4 is 15.9 Å². The molecular formula is C20H33N3O3S. The van der Waals surface area contributed by atoms with E-state index in [1.165, 1.54) is 25.0 Å². The molecule has 1 fully saturated rings. The quantitative estimate of drug-likeness (QED) is 0.630. The minimum atomic E-state index is -3.54. The highest BCUT2D eigenvalue weighted by Crippen LogP contribution is 2.15. The summed E-state index contributed by atoms with van der Waals surface area (Å²) in [5.74, 6) is 0.596. The largest absolute Gasteiger partial charge is 0.352 e. The number of sulfonamides is 1. The standard InChI is InChI=1S/C20H33N3O3S/c1-4-17(3)22-27(25,26)19-10-8-18(9-11-19)20(24)21-12-6-14-23-13-5-7-16(2)15-23/h8-11,16-17,22H,4-7,12-15H2,1-3H3,(H,21,24). The number of carbonyl (C=O) groups excluding carboxylic acids is 1. The second kappa shape index (κ2) is 10.2. The van der Waals surface area contributed by atoms with Gasteiger partial charge in [-0.1, -0.05) is 13.8 Å². The van der Waals surface area contributed by atoms with Crippen LogP contribution in [0.15, 0.2) is 29.2 Å². The third-order valence-electron chi connectivity index (χ3n) is 5.07. The third kappa shape index (κ3) is 6.90. The Hall–Kier alpha value is -1.44. The Morgan fingerprint density at radius 1 is 1.30 bits per heavy atom. The zero-order valence-corrected chi connectivity index (χ0v) is 17.5. The van der Waals surface area contributed by atoms with Crippen molar-refractivity contribution in [3.63, 3.8) is 0 Å². The van der Waals surface area contributed by atoms with Gasteiger partial charge in [0.2, 0.25) is 10.0 Å². The van der Waals surface area contributed by atoms with Crippen molar-refractivity contribution in [3.8, 4) is 0 Å². The summed E-state index contributed by atoms with van der Waals surface area (Å²) in [6.45, 7) is 9.96. The summed E-state index contributed by atoms with van der Waals surface area (Å²) in [4.78, 5) is 14.9. The monoisotopic (exact) mass is 395 g/mol. The van der Waals surface area contributed by atoms with E-state index in [9.17, 15) is 13.2 Å². The van der Waals surface area contributed by atoms with Crippen LogP contribution in [0.2, 0.25) is 0 Å². The maximum absolute atomic E-state index is 12.3. The van der Waals surface area contributed by atoms with Gasteiger partial charge in [0.1, 0.15) is 0 Å². The fraction of sp³-hybridized carbons (Fsp3) is 0.650. The summed E-state index contributed by atoms with van der Waals surface area (Å²) >= 11 is 0. The molecule has 2 unspecified atom stereocenters. The number of amides is 1. The van der Waals surface area contributed by atoms with Crippen LogP contribution < -0.4 is 10.0 Å². The lowest BCUT2D eigenvalue weighted by molar-refractivity contribution is 0.0950. The topological polar surface area (TPSA) is 78.5 Å². The highest BCUT2D eigenvalue weighted by atomic mass is 32.2. The Morgan fingerprint density at radius 3 is 2.63 bits per heavy atom. The molecule has 2 rings (SSSR count). The number of likely N-dealkylation sites (tertiary alicyclic amines) is 1. The molecule has 0 aromatic heterocycles. The van der Waals surface area contributed by atoms with E-state index in [1.54, 1.807) is 12.1 Å². The van der Waals surface area contributed by atoms with Gasteiger partial charge in [0.25, 0.3) is 5.91 Å². The molecule has 1 aliphatic rings. The predicted octanol–water partition coefficient (Wildman–Crippen LogP) is 2.62. The number of hydrogen-bond acceptors (Lipinski definition) is 4. The maximum atomic E-state index is 12.3. The molecule has 2 atom stereocenters. The van der Waals surface area contributed by atoms with Gasteiger partial charge in [0.15, 0.2) is 0 Å². The van der Waals surface area contributed by atoms with Crippen molar-refractivity contribution in [1.29, 1.82) is 0 Å². The summed E-state index contributed by atoms with van der Waals surface area (Å²) in [6, 6.07) is 5.96. The van der Waals surface area contributed by atoms with Crippen LogP contribution >= 0.6 is 0 Å². The van der Waals surface area contributed by atoms with Gasteiger partial charge < -0.3 is 10.2 Å². The van der Waals surface area contributed by atoms with E-state index in [-0.39, 0.29) is 16.8 Å². The number of nitrogens with one attached hydrogen (secondary N) is 2. The first-order chi connectivity index (χ1) is 12.8. The first kappa shape index (κ1) is 21.9. The van der Waals surface area contributed by atoms with Crippen LogP contribution in [0.3, 0.4) is 0 Å². The summed E-state index contributed by atoms with van der Waals surface area (Å²) in [5, 5.41) is 2.92. The van der Waals surface area contributed by atoms with Gasteiger partial charge in [-0.3, -0.25) is 4.79 Å². The normalized spacial score (nSPS) is 19.6. The Bertz CT molecular complexity index is 704. The second-order valence-electron chi connectivity index (χ2n) is 7.61. The van der Waals surface area contributed by atoms with Crippen LogP contribution in [-0.4, -0.2) is 51.4 Å². The van der Waals surface area contributed by atoms with Gasteiger partial charge in [-0.25, -0.2) is 13.1 Å². The van der Waals surface area contributed by atoms with Crippen LogP contribution in [0.1, 0.15) is 56.8 Å². The molecule has 152 valence electrons. The van der Waals surface area contributed by atoms with Gasteiger partial charge in [-0.15, -0.1) is 0 Å². The zero-order chi connectivity index (χ0) is 19.9. The molecule has 7 heteroatoms. The third-order valence-corrected chi connectivity index (χ3v) is 6.68. The number of rotatable bonds is 9. The molecule has 27 heavy (non-hydrogen) atoms. The molecule has 0 radical (unpaired) electrons. The SMILES string of the molecule is CCC(C)NS(=O)(=O)c1ccc(C(=O)NCCCN2CCCC(C)C2)cc1. The molecule has 1 aromatic rings. The zero-order valence-electron chi connectivity index (χ0n) is 16.7. The molecule has 2 N–H and O–H groups in total. The van der Waals surface area contributed by atoms with Gasteiger partial charge in [-0.05, 0) is 75.9 Å². The molecule has 1 aliphatic heterocycles. The van der Waals surface area contributed by atoms with Crippen LogP contribution in [0.25, 0.3) is 0 Å². The molecular weight excluding hydrogens is 362 g/mol. The fourth-order valence-corrected chi connectivity index (χ4v) is 4.62. The Kier molecular flexibility index (Phi) is 8.26. The van der Waals surface area contributed by atoms with Crippen molar-refractivity contribution < 1.29 is 13.2 Å². The molecule has 1 amide bonds. The molecule has 0 spiro atoms. The second-order valence-corrected chi connectivity index (χ2v) is 9.33. The Morgan fingerprint density at radius 2 is 2.00 bits per heavy atom. The molecule has 1 aromatic carbocycles. The van der Waals surface area contributed by atoms with E-state index in [1.807, 2.05) is 13.8 Å². The average Bonchev–Trinajstić information content (AvgIpc) is 2.65. The van der Waals surface area contributed by atoms with Crippen LogP contribution in [0.5, 0.6) is 0 Å². The fourth-order valence-electron chi connectivity index (χ4n) is 3.30. The summed E-state index contributed by atoms with van der Waals surface area (Å²) in [6.07, 6.45) is 4.21. The first-order valence-corrected chi connectivity index (χ1v) is 11.4. The summed E-state index contributed by atoms with van der Waals surface area (Å²) in [7, 11) is -3.54. The van der Waals surface area contributed by atoms with Crippen molar-refractivity contribution in [1.82, 2.24) is 14.9 Å². The minimum absolute atomic E-state index is 0.124. The smallest absolute Gasteiger partial charge is 0.251 e. The number of hydrogen-bond donors (Lipinski definition) is 2. The van der Waals surface area contributed by atoms with Gasteiger partial charge in [0, 0.05) is 24.7 Å². The first-order valence-electron chi connectivity index (χ1n) is 9.94. The minimum Gasteiger partial charge on any atom is -0.352 e. The molecule has 1 heterocycles. The molecule has 0 aliphatic carbocycles. The van der Waals surface area contributed by atoms with Gasteiger partial charge in [-0.2, -0.15) is 0 Å². The van der Waals surface area contributed by atoms with Crippen LogP contribution in [0, 0.1) is 5.92 Å². The summed E-state index contributed by atoms with van der Waals surface area (Å²) < 4.78 is 27.1. The average molecular weight is 396 g/mol. The van der Waals surface area contributed by atoms with Crippen molar-refractivity contribution in [2.45, 2.75) is 57.4 Å². The number of benzene rings is 1. The van der Waals surface area contributed by atoms with Gasteiger partial charge in [0.05, 0.1) is 4.90 Å². The van der Waals surface area contributed by atoms with Crippen molar-refractivity contribution in [2.24, 2.45) is 5.92 Å². The maximum Gasteiger partial charge on any atom is 0.251 e. The summed E-state index contributed by atoms with van der Waals surface area (Å²) in [5.41, 5.74) is 0.476. The van der Waals surface area contributed by atoms with E-state index in [2.05, 4.69) is 21.9 Å². The van der Waals surface area contributed by atoms with E-state index in [0.717, 1.165) is 38.4 Å². The highest BCUT2D eigenvalue weighted by molar-refractivity contribution is 7.89. The number of nitrogens with zero attached hydrogens (tertiary/aromatic N) is 1. The van der Waals surface area contributed by atoms with Crippen molar-refractivity contribution in [3.05, 3.63) is 29.8 Å². The van der Waals surface area contributed by atoms with E-state index >= 15 is 0 Å². The predicted molar refractivity (Wildman–Crippen MR) is 108 cm³/mol. The lowest BCUT2D eigenvalue weighted by atomic mass is 10.0. The lowest BCUT2D eigenvalue weighted by Gasteiger charge is -2.30. The Labute approximate surface area is 163 Å². The number of piperidine rings is 1. The van der Waals surface area contributed by atoms with Gasteiger partial charge >= 0.3 is 0 Å². The van der Waals surface area contributed by atoms with E-state index < -0.39 is 10.0 Å². The van der Waals surface area contributed by atoms with Crippen molar-refractivity contribution in [2.75, 3.05) is 26.2 Å². The van der Waals surface area contributed by atoms with E-state index in [0.29, 0.717) is 12.1 Å². The molecule has 1 saturated heterocycles. The van der Waals surface area contributed by atoms with E-state index in [4.69, 9.17) is 0 Å². The molecule has 0 saturated carbocycles. The lowest BCUT2D eigenvalue weighted by Crippen LogP contribution is -2.36. The van der Waals surface area contributed by atoms with Crippen LogP contribution in [-0.2, 0) is 10.0 Å². The molecule has 6 nitrogen and oxygen atoms in total. The Balaban J connectivity index is 1.79. The van der Waals surface area contributed by atoms with Crippen LogP contribution in [0.4, 0.5) is 0 Å². The number of carbonyl (C=O) groups is 1.